The fraction of sp³-hybridized carbons (Fsp3) is 0.0833. The topological polar surface area (TPSA) is 104 Å². The van der Waals surface area contributed by atoms with Gasteiger partial charge in [0.15, 0.2) is 11.6 Å². The number of aromatic nitrogens is 4. The quantitative estimate of drug-likeness (QED) is 0.104. The van der Waals surface area contributed by atoms with Crippen LogP contribution in [0.4, 0.5) is 46.0 Å². The highest BCUT2D eigenvalue weighted by atomic mass is 35.5. The van der Waals surface area contributed by atoms with E-state index in [2.05, 4.69) is 148 Å². The fourth-order valence-corrected chi connectivity index (χ4v) is 6.76. The number of halogens is 1. The molecule has 0 bridgehead atoms. The third-order valence-electron chi connectivity index (χ3n) is 9.35. The van der Waals surface area contributed by atoms with E-state index in [1.54, 1.807) is 24.8 Å². The predicted molar refractivity (Wildman–Crippen MR) is 231 cm³/mol. The first-order valence-corrected chi connectivity index (χ1v) is 18.6. The normalized spacial score (nSPS) is 10.4. The smallest absolute Gasteiger partial charge is 0.273 e. The van der Waals surface area contributed by atoms with Crippen LogP contribution in [0.1, 0.15) is 22.3 Å². The van der Waals surface area contributed by atoms with Gasteiger partial charge in [0.1, 0.15) is 5.69 Å². The summed E-state index contributed by atoms with van der Waals surface area (Å²) >= 11 is 0. The average Bonchev–Trinajstić information content (AvgIpc) is 3.21. The summed E-state index contributed by atoms with van der Waals surface area (Å²) in [6.07, 6.45) is 6.80. The minimum absolute atomic E-state index is 0. The predicted octanol–water partition coefficient (Wildman–Crippen LogP) is 8.28. The van der Waals surface area contributed by atoms with Gasteiger partial charge in [-0.2, -0.15) is 4.98 Å². The Balaban J connectivity index is 0.000000189. The number of aryl methyl sites for hydroxylation is 4. The van der Waals surface area contributed by atoms with Gasteiger partial charge in [-0.3, -0.25) is 5.32 Å². The Morgan fingerprint density at radius 1 is 0.386 bits per heavy atom. The fourth-order valence-electron chi connectivity index (χ4n) is 6.76. The summed E-state index contributed by atoms with van der Waals surface area (Å²) in [4.78, 5) is 17.9. The first-order valence-electron chi connectivity index (χ1n) is 18.6. The van der Waals surface area contributed by atoms with Crippen molar-refractivity contribution in [3.8, 4) is 22.3 Å². The van der Waals surface area contributed by atoms with Crippen LogP contribution in [-0.4, -0.2) is 19.9 Å². The summed E-state index contributed by atoms with van der Waals surface area (Å²) in [6.45, 7) is 8.60. The highest BCUT2D eigenvalue weighted by molar-refractivity contribution is 5.78. The van der Waals surface area contributed by atoms with Crippen LogP contribution < -0.4 is 33.7 Å². The van der Waals surface area contributed by atoms with Crippen LogP contribution in [0.3, 0.4) is 0 Å². The van der Waals surface area contributed by atoms with Crippen LogP contribution in [0.25, 0.3) is 22.3 Å². The molecule has 5 N–H and O–H groups in total. The lowest BCUT2D eigenvalue weighted by Gasteiger charge is -2.14. The number of benzene rings is 6. The van der Waals surface area contributed by atoms with Gasteiger partial charge in [-0.15, -0.1) is 0 Å². The van der Waals surface area contributed by atoms with E-state index in [1.807, 2.05) is 66.7 Å². The van der Waals surface area contributed by atoms with Gasteiger partial charge in [0, 0.05) is 41.7 Å². The molecule has 0 aliphatic rings. The lowest BCUT2D eigenvalue weighted by atomic mass is 9.95. The summed E-state index contributed by atoms with van der Waals surface area (Å²) in [7, 11) is 0. The molecule has 8 aromatic rings. The standard InChI is InChI=1S/2C24H22N4.ClH/c2*1-17-8-6-9-18(2)22(17)19-10-7-13-21(16-19)28-24-23(25-14-15-26-24)27-20-11-4-3-5-12-20;/h2*3-16H,1-2H3,(H,25,27)(H,26,28);1H. The highest BCUT2D eigenvalue weighted by Crippen LogP contribution is 2.32. The molecule has 2 heterocycles. The van der Waals surface area contributed by atoms with Gasteiger partial charge in [-0.25, -0.2) is 15.0 Å². The molecule has 6 aromatic carbocycles. The highest BCUT2D eigenvalue weighted by Gasteiger charge is 2.14. The third-order valence-corrected chi connectivity index (χ3v) is 9.35. The van der Waals surface area contributed by atoms with Crippen molar-refractivity contribution in [2.45, 2.75) is 27.7 Å². The number of hydrogen-bond donors (Lipinski definition) is 4. The van der Waals surface area contributed by atoms with Crippen LogP contribution >= 0.6 is 0 Å². The van der Waals surface area contributed by atoms with Gasteiger partial charge in [-0.1, -0.05) is 97.1 Å². The van der Waals surface area contributed by atoms with Gasteiger partial charge in [0.25, 0.3) is 5.82 Å². The van der Waals surface area contributed by atoms with Crippen molar-refractivity contribution in [3.63, 3.8) is 0 Å². The van der Waals surface area contributed by atoms with Gasteiger partial charge in [0.05, 0.1) is 6.20 Å². The van der Waals surface area contributed by atoms with E-state index in [-0.39, 0.29) is 12.4 Å². The number of anilines is 6. The largest absolute Gasteiger partial charge is 1.00 e. The number of nitrogens with zero attached hydrogens (tertiary/aromatic N) is 4. The van der Waals surface area contributed by atoms with E-state index in [9.17, 15) is 0 Å². The molecule has 0 unspecified atom stereocenters. The molecular weight excluding hydrogens is 724 g/mol. The van der Waals surface area contributed by atoms with Crippen molar-refractivity contribution in [2.75, 3.05) is 16.0 Å². The van der Waals surface area contributed by atoms with Crippen molar-refractivity contribution in [2.24, 2.45) is 0 Å². The van der Waals surface area contributed by atoms with Gasteiger partial charge in [0.2, 0.25) is 5.82 Å². The van der Waals surface area contributed by atoms with Crippen LogP contribution in [0.2, 0.25) is 0 Å². The molecule has 0 amide bonds. The SMILES string of the molecule is Cc1cccc(C)c1-c1cccc(Nc2nccnc2Nc2ccccc2)c1.Cc1cccc(C)c1-c1cccc([NH2+]c2nccnc2Nc2ccccc2)c1.[Cl-]. The molecular formula is C48H45ClN8. The lowest BCUT2D eigenvalue weighted by molar-refractivity contribution is -0.482. The molecule has 9 heteroatoms. The molecule has 0 fully saturated rings. The average molecular weight is 769 g/mol. The molecule has 0 atom stereocenters. The van der Waals surface area contributed by atoms with Crippen LogP contribution in [0, 0.1) is 27.7 Å². The Kier molecular flexibility index (Phi) is 13.4. The summed E-state index contributed by atoms with van der Waals surface area (Å²) in [5.41, 5.74) is 14.1. The molecule has 57 heavy (non-hydrogen) atoms. The molecule has 284 valence electrons. The van der Waals surface area contributed by atoms with Gasteiger partial charge < -0.3 is 28.4 Å². The molecule has 0 saturated heterocycles. The number of nitrogens with one attached hydrogen (secondary N) is 3. The van der Waals surface area contributed by atoms with E-state index < -0.39 is 0 Å². The first kappa shape index (κ1) is 39.8. The molecule has 8 nitrogen and oxygen atoms in total. The summed E-state index contributed by atoms with van der Waals surface area (Å²) in [5, 5.41) is 12.1. The maximum Gasteiger partial charge on any atom is 0.273 e. The lowest BCUT2D eigenvalue weighted by Crippen LogP contribution is -3.00. The molecule has 0 aliphatic carbocycles. The third kappa shape index (κ3) is 10.3. The first-order chi connectivity index (χ1) is 27.4. The molecule has 2 aromatic heterocycles. The maximum absolute atomic E-state index is 4.53. The molecule has 0 spiro atoms. The minimum Gasteiger partial charge on any atom is -1.00 e. The molecule has 0 saturated carbocycles. The Morgan fingerprint density at radius 3 is 1.33 bits per heavy atom. The van der Waals surface area contributed by atoms with Crippen molar-refractivity contribution < 1.29 is 17.7 Å². The van der Waals surface area contributed by atoms with E-state index in [0.29, 0.717) is 11.6 Å². The van der Waals surface area contributed by atoms with Crippen LogP contribution in [-0.2, 0) is 0 Å². The van der Waals surface area contributed by atoms with E-state index in [4.69, 9.17) is 0 Å². The second-order valence-corrected chi connectivity index (χ2v) is 13.5. The summed E-state index contributed by atoms with van der Waals surface area (Å²) in [5.74, 6) is 2.92. The number of hydrogen-bond acceptors (Lipinski definition) is 7. The second-order valence-electron chi connectivity index (χ2n) is 13.5. The van der Waals surface area contributed by atoms with Crippen LogP contribution in [0.15, 0.2) is 170 Å². The zero-order valence-electron chi connectivity index (χ0n) is 32.4. The van der Waals surface area contributed by atoms with E-state index >= 15 is 0 Å². The summed E-state index contributed by atoms with van der Waals surface area (Å²) in [6, 6.07) is 49.7. The zero-order valence-corrected chi connectivity index (χ0v) is 33.2. The summed E-state index contributed by atoms with van der Waals surface area (Å²) < 4.78 is 0. The number of nitrogens with two attached hydrogens (primary N) is 1. The molecule has 0 aliphatic heterocycles. The van der Waals surface area contributed by atoms with Gasteiger partial charge in [-0.05, 0) is 115 Å². The number of quaternary nitrogens is 1. The van der Waals surface area contributed by atoms with Crippen molar-refractivity contribution in [1.82, 2.24) is 19.9 Å². The molecule has 8 rings (SSSR count). The maximum atomic E-state index is 4.53. The minimum atomic E-state index is 0. The Hall–Kier alpha value is -6.87. The van der Waals surface area contributed by atoms with Crippen molar-refractivity contribution in [1.29, 1.82) is 0 Å². The van der Waals surface area contributed by atoms with Crippen molar-refractivity contribution in [3.05, 3.63) is 193 Å². The van der Waals surface area contributed by atoms with Gasteiger partial charge >= 0.3 is 0 Å². The monoisotopic (exact) mass is 768 g/mol. The van der Waals surface area contributed by atoms with Crippen LogP contribution in [0.5, 0.6) is 0 Å². The zero-order chi connectivity index (χ0) is 38.7. The number of para-hydroxylation sites is 2. The van der Waals surface area contributed by atoms with E-state index in [0.717, 1.165) is 34.4 Å². The number of rotatable bonds is 10. The Bertz CT molecular complexity index is 2330. The second kappa shape index (κ2) is 19.1. The van der Waals surface area contributed by atoms with Crippen molar-refractivity contribution >= 4 is 46.0 Å². The Labute approximate surface area is 341 Å². The van der Waals surface area contributed by atoms with E-state index in [1.165, 1.54) is 44.5 Å². The molecule has 0 radical (unpaired) electrons. The Morgan fingerprint density at radius 2 is 0.789 bits per heavy atom.